The molecule has 0 saturated carbocycles. The quantitative estimate of drug-likeness (QED) is 0.0649. The zero-order valence-electron chi connectivity index (χ0n) is 48.2. The minimum atomic E-state index is -1.88. The number of alkyl carbamates (subject to hydrolysis) is 1. The number of hydrogen-bond donors (Lipinski definition) is 2. The van der Waals surface area contributed by atoms with E-state index in [0.29, 0.717) is 60.6 Å². The first kappa shape index (κ1) is 63.8. The van der Waals surface area contributed by atoms with E-state index in [1.54, 1.807) is 66.3 Å². The topological polar surface area (TPSA) is 276 Å². The number of epoxide rings is 1. The summed E-state index contributed by atoms with van der Waals surface area (Å²) in [6, 6.07) is 2.65. The van der Waals surface area contributed by atoms with E-state index in [-0.39, 0.29) is 55.6 Å². The number of carbonyl (C=O) groups excluding carboxylic acids is 9. The van der Waals surface area contributed by atoms with E-state index < -0.39 is 114 Å². The summed E-state index contributed by atoms with van der Waals surface area (Å²) < 4.78 is 41.0. The number of anilines is 1. The zero-order chi connectivity index (χ0) is 59.5. The van der Waals surface area contributed by atoms with E-state index in [0.717, 1.165) is 22.9 Å². The highest BCUT2D eigenvalue weighted by Crippen LogP contribution is 2.49. The Morgan fingerprint density at radius 1 is 0.988 bits per heavy atom. The Kier molecular flexibility index (Phi) is 22.1. The summed E-state index contributed by atoms with van der Waals surface area (Å²) in [5, 5.41) is 14.7. The number of carbonyl (C=O) groups is 9. The van der Waals surface area contributed by atoms with Crippen LogP contribution >= 0.6 is 11.8 Å². The number of likely N-dealkylation sites (N-methyl/N-ethyl adjacent to an activating group) is 1. The monoisotopic (exact) mass is 1150 g/mol. The molecular weight excluding hydrogens is 1070 g/mol. The third-order valence-electron chi connectivity index (χ3n) is 15.7. The van der Waals surface area contributed by atoms with Crippen molar-refractivity contribution in [1.82, 2.24) is 20.2 Å². The molecule has 5 aliphatic rings. The number of ether oxygens (including phenoxy) is 7. The van der Waals surface area contributed by atoms with E-state index in [9.17, 15) is 48.3 Å². The number of thioether (sulfide) groups is 1. The lowest BCUT2D eigenvalue weighted by atomic mass is 9.83. The van der Waals surface area contributed by atoms with Gasteiger partial charge in [-0.3, -0.25) is 29.3 Å². The number of imide groups is 1. The largest absolute Gasteiger partial charge is 0.496 e. The molecule has 23 nitrogen and oxygen atoms in total. The average molecular weight is 1150 g/mol. The number of hydroxylamine groups is 2. The Labute approximate surface area is 477 Å². The smallest absolute Gasteiger partial charge is 0.410 e. The van der Waals surface area contributed by atoms with Gasteiger partial charge in [0, 0.05) is 83.6 Å². The molecule has 3 saturated heterocycles. The molecule has 24 heteroatoms. The number of amides is 6. The first-order chi connectivity index (χ1) is 38.3. The number of fused-ring (bicyclic) bond motifs is 5. The number of nitrogens with one attached hydrogen (secondary N) is 1. The van der Waals surface area contributed by atoms with Crippen LogP contribution in [0.4, 0.5) is 15.3 Å². The third-order valence-corrected chi connectivity index (χ3v) is 16.8. The molecular formula is C57H79N5O18S. The molecule has 4 aliphatic heterocycles. The molecule has 81 heavy (non-hydrogen) atoms. The Morgan fingerprint density at radius 2 is 1.70 bits per heavy atom. The predicted octanol–water partition coefficient (Wildman–Crippen LogP) is 5.41. The summed E-state index contributed by atoms with van der Waals surface area (Å²) in [5.74, 6) is -4.05. The first-order valence-corrected chi connectivity index (χ1v) is 28.4. The van der Waals surface area contributed by atoms with Gasteiger partial charge in [0.1, 0.15) is 48.4 Å². The summed E-state index contributed by atoms with van der Waals surface area (Å²) in [5.41, 5.74) is -0.109. The van der Waals surface area contributed by atoms with E-state index >= 15 is 0 Å². The van der Waals surface area contributed by atoms with Crippen molar-refractivity contribution in [1.29, 1.82) is 0 Å². The molecule has 6 rings (SSSR count). The van der Waals surface area contributed by atoms with Crippen molar-refractivity contribution < 1.29 is 86.3 Å². The molecule has 6 amide bonds. The number of nitrogens with zero attached hydrogens (tertiary/aromatic N) is 4. The number of hydrogen-bond acceptors (Lipinski definition) is 19. The molecule has 11 atom stereocenters. The maximum atomic E-state index is 14.4. The van der Waals surface area contributed by atoms with E-state index in [1.165, 1.54) is 35.8 Å². The Hall–Kier alpha value is -6.34. The lowest BCUT2D eigenvalue weighted by Gasteiger charge is -2.42. The van der Waals surface area contributed by atoms with Crippen molar-refractivity contribution in [3.63, 3.8) is 0 Å². The van der Waals surface area contributed by atoms with Crippen LogP contribution in [0.3, 0.4) is 0 Å². The van der Waals surface area contributed by atoms with Gasteiger partial charge in [-0.2, -0.15) is 0 Å². The van der Waals surface area contributed by atoms with Crippen molar-refractivity contribution in [2.45, 2.75) is 166 Å². The number of benzene rings is 1. The summed E-state index contributed by atoms with van der Waals surface area (Å²) >= 11 is 0.972. The van der Waals surface area contributed by atoms with Crippen LogP contribution < -0.4 is 15.0 Å². The van der Waals surface area contributed by atoms with Crippen LogP contribution in [0, 0.1) is 18.8 Å². The molecule has 3 fully saturated rings. The Balaban J connectivity index is 1.01. The van der Waals surface area contributed by atoms with Crippen LogP contribution in [0.15, 0.2) is 48.1 Å². The van der Waals surface area contributed by atoms with Crippen LogP contribution in [0.2, 0.25) is 0 Å². The second-order valence-corrected chi connectivity index (χ2v) is 22.8. The molecule has 5 unspecified atom stereocenters. The summed E-state index contributed by atoms with van der Waals surface area (Å²) in [6.07, 6.45) is 5.09. The molecule has 446 valence electrons. The highest BCUT2D eigenvalue weighted by atomic mass is 32.2. The summed E-state index contributed by atoms with van der Waals surface area (Å²) in [6.45, 7) is 10.3. The van der Waals surface area contributed by atoms with Gasteiger partial charge in [0.05, 0.1) is 31.4 Å². The molecule has 0 radical (unpaired) electrons. The van der Waals surface area contributed by atoms with Gasteiger partial charge < -0.3 is 57.8 Å². The van der Waals surface area contributed by atoms with Crippen LogP contribution in [0.5, 0.6) is 5.75 Å². The van der Waals surface area contributed by atoms with E-state index in [2.05, 4.69) is 5.32 Å². The van der Waals surface area contributed by atoms with Gasteiger partial charge in [-0.05, 0) is 90.0 Å². The maximum Gasteiger partial charge on any atom is 0.410 e. The molecule has 2 N–H and O–H groups in total. The number of rotatable bonds is 17. The van der Waals surface area contributed by atoms with E-state index in [1.807, 2.05) is 32.1 Å². The van der Waals surface area contributed by atoms with Crippen molar-refractivity contribution in [3.05, 3.63) is 59.2 Å². The summed E-state index contributed by atoms with van der Waals surface area (Å²) in [7, 11) is 7.62. The number of allylic oxidation sites excluding steroid dienone is 3. The lowest BCUT2D eigenvalue weighted by Crippen LogP contribution is -2.63. The second-order valence-electron chi connectivity index (χ2n) is 21.7. The van der Waals surface area contributed by atoms with Crippen LogP contribution in [0.1, 0.15) is 110 Å². The number of methoxy groups -OCH3 is 2. The molecule has 0 aromatic heterocycles. The van der Waals surface area contributed by atoms with Gasteiger partial charge in [-0.15, -0.1) is 5.06 Å². The van der Waals surface area contributed by atoms with Crippen molar-refractivity contribution >= 4 is 70.3 Å². The average Bonchev–Trinajstić information content (AvgIpc) is 4.03. The van der Waals surface area contributed by atoms with Gasteiger partial charge in [-0.1, -0.05) is 55.5 Å². The maximum absolute atomic E-state index is 14.4. The van der Waals surface area contributed by atoms with Crippen LogP contribution in [-0.4, -0.2) is 181 Å². The van der Waals surface area contributed by atoms with Gasteiger partial charge in [0.25, 0.3) is 11.8 Å². The minimum Gasteiger partial charge on any atom is -0.496 e. The van der Waals surface area contributed by atoms with Crippen molar-refractivity contribution in [2.75, 3.05) is 59.2 Å². The molecule has 1 aromatic rings. The fraction of sp³-hybridized carbons (Fsp3) is 0.632. The summed E-state index contributed by atoms with van der Waals surface area (Å²) in [4.78, 5) is 126. The fourth-order valence-corrected chi connectivity index (χ4v) is 11.1. The number of aliphatic hydroxyl groups is 1. The second kappa shape index (κ2) is 28.1. The number of esters is 1. The molecule has 4 bridgehead atoms. The Morgan fingerprint density at radius 3 is 2.40 bits per heavy atom. The standard InChI is InChI=1S/C57H79N5O18S/c1-33-15-12-20-44(74-11)57(72)31-43(77-54(70)58-57)36(4)51-56(6,79-51)45(30-49(66)61(9)41-28-38(27-33)29-42(73-10)35(41)3)78-52(68)37(5)60(8)46(63)24-26-81-53(69)34(2)23-25-59(7)55(71)76-40-18-13-16-39(17-14-19-40)75-32-50(67)80-62-47(64)21-22-48(62)65/h12-13,15,18,20,28-29,34,36-37,39-40,43-45,51,72H,14,16-17,19,21-27,30-32H2,1-11H3,(H,58,70)/b18-13+,20-12+,33-15+/t34?,36-,37+,39?,40?,43+,44?,45+,51+,56+,57?/m1/s1. The van der Waals surface area contributed by atoms with Crippen molar-refractivity contribution in [3.8, 4) is 5.75 Å². The van der Waals surface area contributed by atoms with Crippen LogP contribution in [0.25, 0.3) is 0 Å². The van der Waals surface area contributed by atoms with Gasteiger partial charge >= 0.3 is 24.1 Å². The highest BCUT2D eigenvalue weighted by molar-refractivity contribution is 8.13. The van der Waals surface area contributed by atoms with Crippen molar-refractivity contribution in [2.24, 2.45) is 11.8 Å². The molecule has 0 spiro atoms. The van der Waals surface area contributed by atoms with E-state index in [4.69, 9.17) is 38.0 Å². The highest BCUT2D eigenvalue weighted by Gasteiger charge is 2.64. The third kappa shape index (κ3) is 16.4. The first-order valence-electron chi connectivity index (χ1n) is 27.4. The lowest BCUT2D eigenvalue weighted by molar-refractivity contribution is -0.201. The van der Waals surface area contributed by atoms with Gasteiger partial charge in [-0.25, -0.2) is 19.2 Å². The molecule has 1 aliphatic carbocycles. The fourth-order valence-electron chi connectivity index (χ4n) is 10.2. The molecule has 4 heterocycles. The Bertz CT molecular complexity index is 2610. The van der Waals surface area contributed by atoms with Gasteiger partial charge in [0.2, 0.25) is 11.8 Å². The SMILES string of the molecule is COc1cc2cc(c1C)N(C)C(=O)C[C@H](OC(=O)[C@H](C)N(C)C(=O)CCSC(=O)C(C)CCN(C)C(=O)OC1/C=C/CC(OCC(=O)ON3C(=O)CCC3=O)CCC1)[C@]1(C)O[C@H]1[C@H](C)[C@@H]1CC(O)(NC(=O)O1)C(OC)/C=C/C=C(\C)C2. The zero-order valence-corrected chi connectivity index (χ0v) is 49.0. The minimum absolute atomic E-state index is 0.00819. The van der Waals surface area contributed by atoms with Crippen LogP contribution in [-0.2, 0) is 73.2 Å². The molecule has 1 aromatic carbocycles. The normalized spacial score (nSPS) is 29.2. The predicted molar refractivity (Wildman–Crippen MR) is 294 cm³/mol. The van der Waals surface area contributed by atoms with Gasteiger partial charge in [0.15, 0.2) is 10.8 Å².